The summed E-state index contributed by atoms with van der Waals surface area (Å²) in [5.41, 5.74) is 5.28. The molecule has 0 aliphatic carbocycles. The van der Waals surface area contributed by atoms with Gasteiger partial charge < -0.3 is 20.5 Å². The van der Waals surface area contributed by atoms with Gasteiger partial charge in [0.05, 0.1) is 6.04 Å². The van der Waals surface area contributed by atoms with E-state index in [-0.39, 0.29) is 17.8 Å². The number of anilines is 1. The number of ether oxygens (including phenoxy) is 2. The molecule has 90 valence electrons. The van der Waals surface area contributed by atoms with Crippen molar-refractivity contribution in [3.63, 3.8) is 0 Å². The normalized spacial score (nSPS) is 12.8. The average molecular weight is 229 g/mol. The topological polar surface area (TPSA) is 115 Å². The summed E-state index contributed by atoms with van der Waals surface area (Å²) in [6, 6.07) is -0.325. The van der Waals surface area contributed by atoms with Crippen molar-refractivity contribution in [2.75, 3.05) is 20.0 Å². The molecule has 0 fully saturated rings. The van der Waals surface area contributed by atoms with Crippen molar-refractivity contribution in [2.45, 2.75) is 19.3 Å². The molecule has 1 atom stereocenters. The van der Waals surface area contributed by atoms with Crippen LogP contribution in [0.2, 0.25) is 0 Å². The summed E-state index contributed by atoms with van der Waals surface area (Å²) in [5.74, 6) is -0.348. The molecule has 16 heavy (non-hydrogen) atoms. The van der Waals surface area contributed by atoms with Crippen molar-refractivity contribution in [3.8, 4) is 0 Å². The van der Waals surface area contributed by atoms with Crippen molar-refractivity contribution in [3.05, 3.63) is 5.82 Å². The first kappa shape index (κ1) is 12.4. The first-order valence-electron chi connectivity index (χ1n) is 4.62. The smallest absolute Gasteiger partial charge is 0.289 e. The molecular formula is C8H15N5O3. The SMILES string of the molecule is COC(OC)C(C)NC(=O)c1nc(N)n[nH]1. The molecule has 1 rings (SSSR count). The van der Waals surface area contributed by atoms with E-state index in [0.717, 1.165) is 0 Å². The van der Waals surface area contributed by atoms with Crippen LogP contribution in [0.4, 0.5) is 5.95 Å². The highest BCUT2D eigenvalue weighted by molar-refractivity contribution is 5.90. The van der Waals surface area contributed by atoms with Crippen LogP contribution in [-0.4, -0.2) is 47.6 Å². The Kier molecular flexibility index (Phi) is 4.20. The number of rotatable bonds is 5. The lowest BCUT2D eigenvalue weighted by atomic mass is 10.3. The predicted octanol–water partition coefficient (Wildman–Crippen LogP) is -0.876. The van der Waals surface area contributed by atoms with Crippen LogP contribution in [0.25, 0.3) is 0 Å². The third-order valence-corrected chi connectivity index (χ3v) is 1.95. The second-order valence-corrected chi connectivity index (χ2v) is 3.14. The van der Waals surface area contributed by atoms with Gasteiger partial charge in [0.15, 0.2) is 6.29 Å². The number of aromatic amines is 1. The quantitative estimate of drug-likeness (QED) is 0.565. The molecular weight excluding hydrogens is 214 g/mol. The Labute approximate surface area is 92.5 Å². The van der Waals surface area contributed by atoms with Crippen molar-refractivity contribution in [1.82, 2.24) is 20.5 Å². The third kappa shape index (κ3) is 2.91. The second kappa shape index (κ2) is 5.42. The van der Waals surface area contributed by atoms with Crippen LogP contribution in [0.15, 0.2) is 0 Å². The van der Waals surface area contributed by atoms with Crippen molar-refractivity contribution >= 4 is 11.9 Å². The minimum absolute atomic E-state index is 0.0211. The predicted molar refractivity (Wildman–Crippen MR) is 55.5 cm³/mol. The van der Waals surface area contributed by atoms with Gasteiger partial charge in [-0.25, -0.2) is 0 Å². The fourth-order valence-corrected chi connectivity index (χ4v) is 1.22. The number of aromatic nitrogens is 3. The first-order valence-corrected chi connectivity index (χ1v) is 4.62. The van der Waals surface area contributed by atoms with Crippen LogP contribution in [0.5, 0.6) is 0 Å². The lowest BCUT2D eigenvalue weighted by Crippen LogP contribution is -2.43. The van der Waals surface area contributed by atoms with Gasteiger partial charge in [-0.3, -0.25) is 9.89 Å². The number of nitrogens with two attached hydrogens (primary N) is 1. The Hall–Kier alpha value is -1.67. The molecule has 4 N–H and O–H groups in total. The summed E-state index contributed by atoms with van der Waals surface area (Å²) in [4.78, 5) is 15.3. The molecule has 0 spiro atoms. The minimum Gasteiger partial charge on any atom is -0.366 e. The molecule has 0 aromatic carbocycles. The zero-order valence-electron chi connectivity index (χ0n) is 9.35. The molecule has 0 aliphatic rings. The zero-order chi connectivity index (χ0) is 12.1. The van der Waals surface area contributed by atoms with Crippen LogP contribution in [0, 0.1) is 0 Å². The number of carbonyl (C=O) groups is 1. The Morgan fingerprint density at radius 2 is 2.12 bits per heavy atom. The van der Waals surface area contributed by atoms with Gasteiger partial charge in [0.1, 0.15) is 0 Å². The Bertz CT molecular complexity index is 349. The van der Waals surface area contributed by atoms with Gasteiger partial charge in [-0.2, -0.15) is 4.98 Å². The largest absolute Gasteiger partial charge is 0.366 e. The van der Waals surface area contributed by atoms with Crippen molar-refractivity contribution in [2.24, 2.45) is 0 Å². The number of amides is 1. The molecule has 1 heterocycles. The maximum atomic E-state index is 11.6. The third-order valence-electron chi connectivity index (χ3n) is 1.95. The average Bonchev–Trinajstić information content (AvgIpc) is 2.66. The van der Waals surface area contributed by atoms with E-state index in [1.165, 1.54) is 14.2 Å². The second-order valence-electron chi connectivity index (χ2n) is 3.14. The van der Waals surface area contributed by atoms with Gasteiger partial charge in [0, 0.05) is 14.2 Å². The van der Waals surface area contributed by atoms with Crippen molar-refractivity contribution < 1.29 is 14.3 Å². The molecule has 0 radical (unpaired) electrons. The van der Waals surface area contributed by atoms with E-state index in [4.69, 9.17) is 15.2 Å². The molecule has 1 unspecified atom stereocenters. The Morgan fingerprint density at radius 3 is 2.56 bits per heavy atom. The molecule has 1 aromatic heterocycles. The van der Waals surface area contributed by atoms with Gasteiger partial charge in [-0.1, -0.05) is 0 Å². The Morgan fingerprint density at radius 1 is 1.50 bits per heavy atom. The number of nitrogen functional groups attached to an aromatic ring is 1. The minimum atomic E-state index is -0.524. The Balaban J connectivity index is 2.57. The van der Waals surface area contributed by atoms with Crippen LogP contribution < -0.4 is 11.1 Å². The molecule has 1 aromatic rings. The number of hydrogen-bond donors (Lipinski definition) is 3. The summed E-state index contributed by atoms with van der Waals surface area (Å²) in [5, 5.41) is 8.59. The van der Waals surface area contributed by atoms with E-state index in [9.17, 15) is 4.79 Å². The van der Waals surface area contributed by atoms with Gasteiger partial charge in [-0.15, -0.1) is 5.10 Å². The van der Waals surface area contributed by atoms with Crippen molar-refractivity contribution in [1.29, 1.82) is 0 Å². The van der Waals surface area contributed by atoms with Crippen LogP contribution >= 0.6 is 0 Å². The number of hydrogen-bond acceptors (Lipinski definition) is 6. The molecule has 0 saturated heterocycles. The highest BCUT2D eigenvalue weighted by atomic mass is 16.7. The van der Waals surface area contributed by atoms with Gasteiger partial charge in [0.25, 0.3) is 5.91 Å². The molecule has 0 bridgehead atoms. The number of methoxy groups -OCH3 is 2. The van der Waals surface area contributed by atoms with E-state index in [1.54, 1.807) is 6.92 Å². The van der Waals surface area contributed by atoms with E-state index in [2.05, 4.69) is 20.5 Å². The van der Waals surface area contributed by atoms with Crippen LogP contribution in [0.3, 0.4) is 0 Å². The summed E-state index contributed by atoms with van der Waals surface area (Å²) >= 11 is 0. The summed E-state index contributed by atoms with van der Waals surface area (Å²) in [6.45, 7) is 1.75. The monoisotopic (exact) mass is 229 g/mol. The maximum absolute atomic E-state index is 11.6. The van der Waals surface area contributed by atoms with Gasteiger partial charge in [-0.05, 0) is 6.92 Å². The first-order chi connectivity index (χ1) is 7.58. The number of nitrogens with one attached hydrogen (secondary N) is 2. The van der Waals surface area contributed by atoms with E-state index in [1.807, 2.05) is 0 Å². The molecule has 0 aliphatic heterocycles. The van der Waals surface area contributed by atoms with Gasteiger partial charge >= 0.3 is 0 Å². The summed E-state index contributed by atoms with van der Waals surface area (Å²) < 4.78 is 9.99. The number of carbonyl (C=O) groups excluding carboxylic acids is 1. The van der Waals surface area contributed by atoms with E-state index < -0.39 is 12.2 Å². The molecule has 0 saturated carbocycles. The van der Waals surface area contributed by atoms with Gasteiger partial charge in [0.2, 0.25) is 11.8 Å². The maximum Gasteiger partial charge on any atom is 0.289 e. The fraction of sp³-hybridized carbons (Fsp3) is 0.625. The van der Waals surface area contributed by atoms with Crippen LogP contribution in [0.1, 0.15) is 17.5 Å². The van der Waals surface area contributed by atoms with E-state index >= 15 is 0 Å². The molecule has 8 nitrogen and oxygen atoms in total. The highest BCUT2D eigenvalue weighted by Crippen LogP contribution is 2.00. The summed E-state index contributed by atoms with van der Waals surface area (Å²) in [6.07, 6.45) is -0.524. The van der Waals surface area contributed by atoms with Crippen LogP contribution in [-0.2, 0) is 9.47 Å². The van der Waals surface area contributed by atoms with E-state index in [0.29, 0.717) is 0 Å². The highest BCUT2D eigenvalue weighted by Gasteiger charge is 2.20. The molecule has 8 heteroatoms. The number of nitrogens with zero attached hydrogens (tertiary/aromatic N) is 2. The standard InChI is InChI=1S/C8H15N5O3/c1-4(7(15-2)16-3)10-6(14)5-11-8(9)13-12-5/h4,7H,1-3H3,(H,10,14)(H3,9,11,12,13). The molecule has 1 amide bonds. The lowest BCUT2D eigenvalue weighted by molar-refractivity contribution is -0.117. The lowest BCUT2D eigenvalue weighted by Gasteiger charge is -2.21. The number of H-pyrrole nitrogens is 1. The zero-order valence-corrected chi connectivity index (χ0v) is 9.35. The fourth-order valence-electron chi connectivity index (χ4n) is 1.22. The summed E-state index contributed by atoms with van der Waals surface area (Å²) in [7, 11) is 2.98.